The molecule has 2 heterocycles. The molecule has 1 aromatic rings. The molecule has 0 aliphatic carbocycles. The third-order valence-electron chi connectivity index (χ3n) is 2.76. The Morgan fingerprint density at radius 1 is 1.37 bits per heavy atom. The molecule has 1 amide bonds. The molecule has 1 aliphatic heterocycles. The van der Waals surface area contributed by atoms with Crippen LogP contribution in [0, 0.1) is 0 Å². The second kappa shape index (κ2) is 4.87. The van der Waals surface area contributed by atoms with Crippen molar-refractivity contribution < 1.29 is 18.0 Å². The molecule has 0 saturated heterocycles. The van der Waals surface area contributed by atoms with Gasteiger partial charge in [-0.3, -0.25) is 9.59 Å². The highest BCUT2D eigenvalue weighted by atomic mass is 19.4. The van der Waals surface area contributed by atoms with E-state index in [1.54, 1.807) is 0 Å². The van der Waals surface area contributed by atoms with Crippen LogP contribution in [0.3, 0.4) is 0 Å². The second-order valence-electron chi connectivity index (χ2n) is 4.03. The van der Waals surface area contributed by atoms with Crippen LogP contribution in [0.5, 0.6) is 0 Å². The van der Waals surface area contributed by atoms with Crippen LogP contribution in [0.25, 0.3) is 0 Å². The van der Waals surface area contributed by atoms with E-state index in [4.69, 9.17) is 0 Å². The third-order valence-corrected chi connectivity index (χ3v) is 2.76. The zero-order chi connectivity index (χ0) is 14.0. The summed E-state index contributed by atoms with van der Waals surface area (Å²) < 4.78 is 37.2. The summed E-state index contributed by atoms with van der Waals surface area (Å²) in [6.07, 6.45) is -3.59. The molecule has 0 saturated carbocycles. The number of hydrogen-bond acceptors (Lipinski definition) is 3. The first kappa shape index (κ1) is 13.3. The van der Waals surface area contributed by atoms with Gasteiger partial charge in [0.25, 0.3) is 11.5 Å². The Hall–Kier alpha value is -2.12. The first-order valence-electron chi connectivity index (χ1n) is 5.49. The number of nitrogens with zero attached hydrogens (tertiary/aromatic N) is 2. The van der Waals surface area contributed by atoms with Crippen LogP contribution in [0.2, 0.25) is 0 Å². The van der Waals surface area contributed by atoms with Gasteiger partial charge in [0.05, 0.1) is 0 Å². The summed E-state index contributed by atoms with van der Waals surface area (Å²) in [5, 5.41) is 5.65. The molecular weight excluding hydrogens is 263 g/mol. The highest BCUT2D eigenvalue weighted by Gasteiger charge is 2.35. The minimum absolute atomic E-state index is 0.00320. The third kappa shape index (κ3) is 3.01. The summed E-state index contributed by atoms with van der Waals surface area (Å²) in [7, 11) is 0. The maximum Gasteiger partial charge on any atom is 0.412 e. The molecule has 1 aliphatic rings. The first-order valence-corrected chi connectivity index (χ1v) is 5.49. The van der Waals surface area contributed by atoms with Gasteiger partial charge in [-0.1, -0.05) is 6.08 Å². The van der Waals surface area contributed by atoms with Gasteiger partial charge in [0, 0.05) is 24.7 Å². The van der Waals surface area contributed by atoms with Crippen LogP contribution in [0.15, 0.2) is 28.6 Å². The normalized spacial score (nSPS) is 16.2. The summed E-state index contributed by atoms with van der Waals surface area (Å²) in [5.74, 6) is -0.506. The quantitative estimate of drug-likeness (QED) is 0.779. The van der Waals surface area contributed by atoms with E-state index in [9.17, 15) is 22.8 Å². The average Bonchev–Trinajstić information content (AvgIpc) is 2.38. The number of aromatic nitrogens is 2. The fraction of sp³-hybridized carbons (Fsp3) is 0.364. The molecule has 102 valence electrons. The van der Waals surface area contributed by atoms with Crippen LogP contribution >= 0.6 is 0 Å². The minimum Gasteiger partial charge on any atom is -0.333 e. The molecule has 19 heavy (non-hydrogen) atoms. The van der Waals surface area contributed by atoms with Gasteiger partial charge in [0.1, 0.15) is 5.69 Å². The topological polar surface area (TPSA) is 66.1 Å². The van der Waals surface area contributed by atoms with Gasteiger partial charge in [-0.2, -0.15) is 18.3 Å². The number of aromatic amines is 1. The average molecular weight is 273 g/mol. The number of carbonyl (C=O) groups excluding carboxylic acids is 1. The van der Waals surface area contributed by atoms with Crippen molar-refractivity contribution in [3.05, 3.63) is 39.8 Å². The largest absolute Gasteiger partial charge is 0.412 e. The number of H-pyrrole nitrogens is 1. The Labute approximate surface area is 105 Å². The van der Waals surface area contributed by atoms with E-state index in [1.807, 2.05) is 0 Å². The first-order chi connectivity index (χ1) is 8.88. The van der Waals surface area contributed by atoms with Crippen LogP contribution in [-0.4, -0.2) is 40.3 Å². The van der Waals surface area contributed by atoms with Crippen LogP contribution < -0.4 is 5.56 Å². The monoisotopic (exact) mass is 273 g/mol. The van der Waals surface area contributed by atoms with E-state index in [2.05, 4.69) is 10.2 Å². The maximum atomic E-state index is 12.4. The second-order valence-corrected chi connectivity index (χ2v) is 4.03. The van der Waals surface area contributed by atoms with E-state index in [1.165, 1.54) is 11.0 Å². The summed E-state index contributed by atoms with van der Waals surface area (Å²) >= 11 is 0. The standard InChI is InChI=1S/C11H10F3N3O2/c12-11(13,14)7-3-5-17(6-4-7)10(19)8-1-2-9(18)16-15-8/h1-3H,4-6H2,(H,16,18). The smallest absolute Gasteiger partial charge is 0.333 e. The molecule has 0 unspecified atom stereocenters. The Balaban J connectivity index is 2.09. The maximum absolute atomic E-state index is 12.4. The molecule has 0 fully saturated rings. The molecule has 0 spiro atoms. The molecule has 0 aromatic carbocycles. The SMILES string of the molecule is O=C(c1ccc(=O)[nH]n1)N1CC=C(C(F)(F)F)CC1. The van der Waals surface area contributed by atoms with Crippen LogP contribution in [-0.2, 0) is 0 Å². The van der Waals surface area contributed by atoms with Crippen molar-refractivity contribution in [2.24, 2.45) is 0 Å². The molecule has 1 N–H and O–H groups in total. The number of carbonyl (C=O) groups is 1. The van der Waals surface area contributed by atoms with Crippen molar-refractivity contribution in [3.63, 3.8) is 0 Å². The molecule has 1 aromatic heterocycles. The summed E-state index contributed by atoms with van der Waals surface area (Å²) in [6, 6.07) is 2.38. The molecule has 5 nitrogen and oxygen atoms in total. The number of halogens is 3. The number of amides is 1. The zero-order valence-electron chi connectivity index (χ0n) is 9.70. The van der Waals surface area contributed by atoms with E-state index in [-0.39, 0.29) is 25.2 Å². The molecule has 8 heteroatoms. The van der Waals surface area contributed by atoms with E-state index in [0.717, 1.165) is 12.1 Å². The van der Waals surface area contributed by atoms with Crippen molar-refractivity contribution in [2.45, 2.75) is 12.6 Å². The predicted octanol–water partition coefficient (Wildman–Crippen LogP) is 1.10. The number of alkyl halides is 3. The number of rotatable bonds is 1. The van der Waals surface area contributed by atoms with Gasteiger partial charge in [-0.15, -0.1) is 0 Å². The lowest BCUT2D eigenvalue weighted by molar-refractivity contribution is -0.0957. The van der Waals surface area contributed by atoms with Gasteiger partial charge in [0.15, 0.2) is 0 Å². The minimum atomic E-state index is -4.34. The van der Waals surface area contributed by atoms with Gasteiger partial charge in [-0.25, -0.2) is 5.10 Å². The highest BCUT2D eigenvalue weighted by Crippen LogP contribution is 2.30. The molecule has 2 rings (SSSR count). The van der Waals surface area contributed by atoms with E-state index >= 15 is 0 Å². The Morgan fingerprint density at radius 2 is 2.11 bits per heavy atom. The molecule has 0 bridgehead atoms. The van der Waals surface area contributed by atoms with Gasteiger partial charge in [-0.05, 0) is 12.5 Å². The Morgan fingerprint density at radius 3 is 2.58 bits per heavy atom. The van der Waals surface area contributed by atoms with E-state index in [0.29, 0.717) is 0 Å². The van der Waals surface area contributed by atoms with Gasteiger partial charge in [0.2, 0.25) is 0 Å². The fourth-order valence-electron chi connectivity index (χ4n) is 1.74. The van der Waals surface area contributed by atoms with Crippen molar-refractivity contribution in [1.82, 2.24) is 15.1 Å². The lowest BCUT2D eigenvalue weighted by Gasteiger charge is -2.26. The van der Waals surface area contributed by atoms with Crippen LogP contribution in [0.1, 0.15) is 16.9 Å². The number of nitrogens with one attached hydrogen (secondary N) is 1. The highest BCUT2D eigenvalue weighted by molar-refractivity contribution is 5.92. The lowest BCUT2D eigenvalue weighted by Crippen LogP contribution is -2.37. The van der Waals surface area contributed by atoms with Crippen molar-refractivity contribution >= 4 is 5.91 Å². The van der Waals surface area contributed by atoms with Gasteiger partial charge >= 0.3 is 6.18 Å². The van der Waals surface area contributed by atoms with E-state index < -0.39 is 23.2 Å². The predicted molar refractivity (Wildman–Crippen MR) is 59.5 cm³/mol. The van der Waals surface area contributed by atoms with Crippen molar-refractivity contribution in [2.75, 3.05) is 13.1 Å². The molecule has 0 atom stereocenters. The number of hydrogen-bond donors (Lipinski definition) is 1. The summed E-state index contributed by atoms with van der Waals surface area (Å²) in [5.41, 5.74) is -1.07. The van der Waals surface area contributed by atoms with Crippen LogP contribution in [0.4, 0.5) is 13.2 Å². The van der Waals surface area contributed by atoms with Crippen molar-refractivity contribution in [1.29, 1.82) is 0 Å². The molecular formula is C11H10F3N3O2. The Bertz CT molecular complexity index is 557. The summed E-state index contributed by atoms with van der Waals surface area (Å²) in [4.78, 5) is 23.9. The van der Waals surface area contributed by atoms with Gasteiger partial charge < -0.3 is 4.90 Å². The fourth-order valence-corrected chi connectivity index (χ4v) is 1.74. The molecule has 0 radical (unpaired) electrons. The van der Waals surface area contributed by atoms with Crippen molar-refractivity contribution in [3.8, 4) is 0 Å². The zero-order valence-corrected chi connectivity index (χ0v) is 9.70. The summed E-state index contributed by atoms with van der Waals surface area (Å²) in [6.45, 7) is -0.139. The lowest BCUT2D eigenvalue weighted by atomic mass is 10.1. The Kier molecular flexibility index (Phi) is 3.41.